The highest BCUT2D eigenvalue weighted by Crippen LogP contribution is 2.39. The molecule has 2 aromatic rings. The van der Waals surface area contributed by atoms with Crippen LogP contribution in [0.2, 0.25) is 0 Å². The van der Waals surface area contributed by atoms with Gasteiger partial charge < -0.3 is 19.4 Å². The number of nitrogens with zero attached hydrogens (tertiary/aromatic N) is 1. The Morgan fingerprint density at radius 2 is 2.00 bits per heavy atom. The highest BCUT2D eigenvalue weighted by molar-refractivity contribution is 5.85. The molecule has 1 N–H and O–H groups in total. The summed E-state index contributed by atoms with van der Waals surface area (Å²) in [6.07, 6.45) is -0.508. The number of benzene rings is 1. The number of nitrogens with one attached hydrogen (secondary N) is 1. The zero-order chi connectivity index (χ0) is 17.5. The molecule has 6 heteroatoms. The van der Waals surface area contributed by atoms with Crippen molar-refractivity contribution in [1.82, 2.24) is 9.88 Å². The minimum atomic E-state index is -0.588. The first-order valence-corrected chi connectivity index (χ1v) is 7.94. The number of carbonyl (C=O) groups excluding carboxylic acids is 1. The summed E-state index contributed by atoms with van der Waals surface area (Å²) in [7, 11) is 1.58. The molecule has 1 aliphatic heterocycles. The average Bonchev–Trinajstić information content (AvgIpc) is 2.78. The van der Waals surface area contributed by atoms with Gasteiger partial charge in [0.15, 0.2) is 0 Å². The number of para-hydroxylation sites is 1. The quantitative estimate of drug-likeness (QED) is 0.939. The van der Waals surface area contributed by atoms with E-state index in [2.05, 4.69) is 5.32 Å². The minimum absolute atomic E-state index is 0.106. The molecule has 2 atom stereocenters. The van der Waals surface area contributed by atoms with Crippen molar-refractivity contribution in [1.29, 1.82) is 0 Å². The molecule has 3 rings (SSSR count). The second kappa shape index (κ2) is 5.94. The van der Waals surface area contributed by atoms with Crippen LogP contribution in [0.25, 0.3) is 10.9 Å². The lowest BCUT2D eigenvalue weighted by Crippen LogP contribution is -2.38. The van der Waals surface area contributed by atoms with Gasteiger partial charge in [-0.2, -0.15) is 0 Å². The Kier molecular flexibility index (Phi) is 4.09. The lowest BCUT2D eigenvalue weighted by molar-refractivity contribution is 0.0469. The zero-order valence-electron chi connectivity index (χ0n) is 14.3. The summed E-state index contributed by atoms with van der Waals surface area (Å²) in [5, 5.41) is 3.86. The molecule has 6 nitrogen and oxygen atoms in total. The fourth-order valence-electron chi connectivity index (χ4n) is 3.23. The lowest BCUT2D eigenvalue weighted by Gasteiger charge is -2.25. The number of carbonyl (C=O) groups is 1. The predicted molar refractivity (Wildman–Crippen MR) is 91.2 cm³/mol. The number of methoxy groups -OCH3 is 1. The summed E-state index contributed by atoms with van der Waals surface area (Å²) in [5.41, 5.74) is 1.05. The summed E-state index contributed by atoms with van der Waals surface area (Å²) in [4.78, 5) is 24.7. The second-order valence-electron chi connectivity index (χ2n) is 6.97. The maximum absolute atomic E-state index is 12.4. The van der Waals surface area contributed by atoms with Crippen molar-refractivity contribution in [3.8, 4) is 0 Å². The summed E-state index contributed by atoms with van der Waals surface area (Å²) < 4.78 is 12.4. The van der Waals surface area contributed by atoms with Gasteiger partial charge in [-0.05, 0) is 32.2 Å². The van der Waals surface area contributed by atoms with Gasteiger partial charge in [0.05, 0.1) is 24.2 Å². The molecule has 1 aliphatic rings. The van der Waals surface area contributed by atoms with Gasteiger partial charge in [-0.1, -0.05) is 18.2 Å². The number of pyridine rings is 1. The molecule has 1 amide bonds. The van der Waals surface area contributed by atoms with E-state index in [4.69, 9.17) is 9.47 Å². The van der Waals surface area contributed by atoms with Crippen LogP contribution in [0.15, 0.2) is 35.1 Å². The molecule has 1 aromatic heterocycles. The topological polar surface area (TPSA) is 69.6 Å². The average molecular weight is 330 g/mol. The molecule has 0 aliphatic carbocycles. The van der Waals surface area contributed by atoms with Crippen molar-refractivity contribution in [2.45, 2.75) is 38.5 Å². The first-order chi connectivity index (χ1) is 11.3. The smallest absolute Gasteiger partial charge is 0.408 e. The third kappa shape index (κ3) is 2.89. The number of ether oxygens (including phenoxy) is 2. The minimum Gasteiger partial charge on any atom is -0.444 e. The van der Waals surface area contributed by atoms with Crippen LogP contribution >= 0.6 is 0 Å². The fraction of sp³-hybridized carbons (Fsp3) is 0.444. The van der Waals surface area contributed by atoms with Gasteiger partial charge in [0.1, 0.15) is 5.60 Å². The molecule has 0 spiro atoms. The van der Waals surface area contributed by atoms with Gasteiger partial charge in [0.25, 0.3) is 5.56 Å². The second-order valence-corrected chi connectivity index (χ2v) is 6.97. The van der Waals surface area contributed by atoms with E-state index in [9.17, 15) is 9.59 Å². The Morgan fingerprint density at radius 3 is 2.67 bits per heavy atom. The van der Waals surface area contributed by atoms with Crippen LogP contribution in [0, 0.1) is 0 Å². The van der Waals surface area contributed by atoms with E-state index < -0.39 is 11.7 Å². The van der Waals surface area contributed by atoms with Gasteiger partial charge in [-0.25, -0.2) is 4.79 Å². The standard InChI is InChI=1S/C18H22N2O4/c1-18(2,3)24-17(22)19-15-12-7-5-6-11-8-9-14(21)20(16(11)12)13(15)10-23-4/h5-9,13,15H,10H2,1-4H3,(H,19,22)/t13-,15+/m0/s1. The van der Waals surface area contributed by atoms with Crippen molar-refractivity contribution in [2.24, 2.45) is 0 Å². The van der Waals surface area contributed by atoms with Crippen LogP contribution in [0.5, 0.6) is 0 Å². The molecule has 0 bridgehead atoms. The van der Waals surface area contributed by atoms with Crippen molar-refractivity contribution in [3.63, 3.8) is 0 Å². The van der Waals surface area contributed by atoms with E-state index >= 15 is 0 Å². The SMILES string of the molecule is COC[C@H]1[C@H](NC(=O)OC(C)(C)C)c2cccc3ccc(=O)n1c23. The maximum Gasteiger partial charge on any atom is 0.408 e. The van der Waals surface area contributed by atoms with Gasteiger partial charge >= 0.3 is 6.09 Å². The molecule has 0 radical (unpaired) electrons. The number of hydrogen-bond donors (Lipinski definition) is 1. The van der Waals surface area contributed by atoms with Crippen molar-refractivity contribution >= 4 is 17.0 Å². The van der Waals surface area contributed by atoms with E-state index in [1.807, 2.05) is 39.0 Å². The summed E-state index contributed by atoms with van der Waals surface area (Å²) in [6.45, 7) is 5.75. The molecule has 0 saturated heterocycles. The van der Waals surface area contributed by atoms with Gasteiger partial charge in [0, 0.05) is 18.7 Å². The zero-order valence-corrected chi connectivity index (χ0v) is 14.3. The summed E-state index contributed by atoms with van der Waals surface area (Å²) in [5.74, 6) is 0. The van der Waals surface area contributed by atoms with E-state index in [1.165, 1.54) is 0 Å². The lowest BCUT2D eigenvalue weighted by atomic mass is 10.0. The van der Waals surface area contributed by atoms with E-state index in [0.717, 1.165) is 16.5 Å². The molecule has 2 heterocycles. The molecular formula is C18H22N2O4. The van der Waals surface area contributed by atoms with Crippen molar-refractivity contribution in [2.75, 3.05) is 13.7 Å². The van der Waals surface area contributed by atoms with Gasteiger partial charge in [-0.15, -0.1) is 0 Å². The molecular weight excluding hydrogens is 308 g/mol. The fourth-order valence-corrected chi connectivity index (χ4v) is 3.23. The molecule has 0 unspecified atom stereocenters. The summed E-state index contributed by atoms with van der Waals surface area (Å²) in [6, 6.07) is 8.47. The van der Waals surface area contributed by atoms with E-state index in [0.29, 0.717) is 6.61 Å². The van der Waals surface area contributed by atoms with Crippen LogP contribution in [0.4, 0.5) is 4.79 Å². The number of alkyl carbamates (subject to hydrolysis) is 1. The van der Waals surface area contributed by atoms with E-state index in [-0.39, 0.29) is 17.6 Å². The third-order valence-corrected chi connectivity index (χ3v) is 4.04. The highest BCUT2D eigenvalue weighted by atomic mass is 16.6. The van der Waals surface area contributed by atoms with Crippen LogP contribution in [-0.2, 0) is 9.47 Å². The van der Waals surface area contributed by atoms with Crippen molar-refractivity contribution < 1.29 is 14.3 Å². The Bertz CT molecular complexity index is 835. The maximum atomic E-state index is 12.4. The highest BCUT2D eigenvalue weighted by Gasteiger charge is 2.36. The molecule has 128 valence electrons. The molecule has 0 fully saturated rings. The number of rotatable bonds is 3. The normalized spacial score (nSPS) is 19.5. The largest absolute Gasteiger partial charge is 0.444 e. The Morgan fingerprint density at radius 1 is 1.25 bits per heavy atom. The van der Waals surface area contributed by atoms with Crippen LogP contribution in [-0.4, -0.2) is 30.0 Å². The first-order valence-electron chi connectivity index (χ1n) is 7.94. The van der Waals surface area contributed by atoms with Crippen LogP contribution in [0.3, 0.4) is 0 Å². The third-order valence-electron chi connectivity index (χ3n) is 4.04. The molecule has 0 saturated carbocycles. The van der Waals surface area contributed by atoms with Crippen LogP contribution in [0.1, 0.15) is 38.4 Å². The van der Waals surface area contributed by atoms with Gasteiger partial charge in [0.2, 0.25) is 0 Å². The number of hydrogen-bond acceptors (Lipinski definition) is 4. The Labute approximate surface area is 140 Å². The van der Waals surface area contributed by atoms with E-state index in [1.54, 1.807) is 23.8 Å². The van der Waals surface area contributed by atoms with Crippen LogP contribution < -0.4 is 10.9 Å². The first kappa shape index (κ1) is 16.5. The molecule has 24 heavy (non-hydrogen) atoms. The van der Waals surface area contributed by atoms with Gasteiger partial charge in [-0.3, -0.25) is 4.79 Å². The van der Waals surface area contributed by atoms with Crippen molar-refractivity contribution in [3.05, 3.63) is 46.2 Å². The number of amides is 1. The number of aromatic nitrogens is 1. The Hall–Kier alpha value is -2.34. The molecule has 1 aromatic carbocycles. The summed E-state index contributed by atoms with van der Waals surface area (Å²) >= 11 is 0. The monoisotopic (exact) mass is 330 g/mol. The Balaban J connectivity index is 2.04. The predicted octanol–water partition coefficient (Wildman–Crippen LogP) is 2.77.